The first-order valence-electron chi connectivity index (χ1n) is 9.24. The smallest absolute Gasteiger partial charge is 0.387 e. The minimum Gasteiger partial charge on any atom is -0.387 e. The van der Waals surface area contributed by atoms with Crippen LogP contribution in [0, 0.1) is 11.7 Å². The van der Waals surface area contributed by atoms with Gasteiger partial charge in [0.15, 0.2) is 0 Å². The van der Waals surface area contributed by atoms with Gasteiger partial charge in [0, 0.05) is 25.8 Å². The quantitative estimate of drug-likeness (QED) is 0.741. The van der Waals surface area contributed by atoms with Gasteiger partial charge in [-0.2, -0.15) is 13.2 Å². The molecule has 0 aliphatic carbocycles. The van der Waals surface area contributed by atoms with E-state index in [0.29, 0.717) is 24.9 Å². The van der Waals surface area contributed by atoms with Crippen molar-refractivity contribution in [3.05, 3.63) is 59.5 Å². The summed E-state index contributed by atoms with van der Waals surface area (Å²) in [5.41, 5.74) is -0.368. The van der Waals surface area contributed by atoms with Gasteiger partial charge in [0.2, 0.25) is 5.91 Å². The van der Waals surface area contributed by atoms with Crippen LogP contribution < -0.4 is 10.2 Å². The molecule has 2 unspecified atom stereocenters. The highest BCUT2D eigenvalue weighted by Crippen LogP contribution is 2.36. The number of rotatable bonds is 5. The monoisotopic (exact) mass is 411 g/mol. The van der Waals surface area contributed by atoms with Crippen LogP contribution in [0.3, 0.4) is 0 Å². The third-order valence-electron chi connectivity index (χ3n) is 4.91. The minimum absolute atomic E-state index is 0.0711. The molecule has 0 spiro atoms. The highest BCUT2D eigenvalue weighted by molar-refractivity contribution is 5.79. The summed E-state index contributed by atoms with van der Waals surface area (Å²) in [7, 11) is 0. The Labute approximate surface area is 165 Å². The Morgan fingerprint density at radius 3 is 2.69 bits per heavy atom. The Morgan fingerprint density at radius 1 is 1.28 bits per heavy atom. The maximum absolute atomic E-state index is 13.3. The van der Waals surface area contributed by atoms with E-state index < -0.39 is 29.6 Å². The number of alkyl halides is 3. The highest BCUT2D eigenvalue weighted by atomic mass is 19.4. The molecule has 0 radical (unpaired) electrons. The lowest BCUT2D eigenvalue weighted by Crippen LogP contribution is -2.44. The predicted octanol–water partition coefficient (Wildman–Crippen LogP) is 3.31. The molecule has 2 aromatic rings. The predicted molar refractivity (Wildman–Crippen MR) is 98.5 cm³/mol. The van der Waals surface area contributed by atoms with E-state index in [1.165, 1.54) is 41.4 Å². The molecular weight excluding hydrogens is 390 g/mol. The van der Waals surface area contributed by atoms with Crippen molar-refractivity contribution < 1.29 is 27.5 Å². The van der Waals surface area contributed by atoms with Crippen LogP contribution >= 0.6 is 0 Å². The van der Waals surface area contributed by atoms with Crippen LogP contribution in [0.5, 0.6) is 0 Å². The van der Waals surface area contributed by atoms with E-state index in [9.17, 15) is 27.5 Å². The number of piperidine rings is 1. The first-order valence-corrected chi connectivity index (χ1v) is 9.24. The molecular formula is C20H21F4N3O2. The van der Waals surface area contributed by atoms with E-state index >= 15 is 0 Å². The van der Waals surface area contributed by atoms with Crippen molar-refractivity contribution in [1.29, 1.82) is 0 Å². The number of halogens is 4. The van der Waals surface area contributed by atoms with Gasteiger partial charge in [-0.05, 0) is 42.7 Å². The van der Waals surface area contributed by atoms with Gasteiger partial charge in [0.25, 0.3) is 0 Å². The standard InChI is InChI=1S/C20H21F4N3O2/c21-15-7-5-13(6-8-15)17(28)11-26-19(29)14-3-2-10-27(12-14)18-16(20(22,23)24)4-1-9-25-18/h1,4-9,14,17,28H,2-3,10-12H2,(H,26,29). The average Bonchev–Trinajstić information content (AvgIpc) is 2.71. The molecule has 2 heterocycles. The number of hydrogen-bond acceptors (Lipinski definition) is 4. The Morgan fingerprint density at radius 2 is 2.00 bits per heavy atom. The van der Waals surface area contributed by atoms with Crippen molar-refractivity contribution in [2.75, 3.05) is 24.5 Å². The normalized spacial score (nSPS) is 18.4. The second-order valence-electron chi connectivity index (χ2n) is 6.97. The summed E-state index contributed by atoms with van der Waals surface area (Å²) in [6.07, 6.45) is -3.16. The zero-order valence-corrected chi connectivity index (χ0v) is 15.5. The number of aliphatic hydroxyl groups excluding tert-OH is 1. The zero-order chi connectivity index (χ0) is 21.0. The van der Waals surface area contributed by atoms with E-state index in [1.54, 1.807) is 0 Å². The van der Waals surface area contributed by atoms with Crippen molar-refractivity contribution in [2.45, 2.75) is 25.1 Å². The summed E-state index contributed by atoms with van der Waals surface area (Å²) in [6, 6.07) is 7.49. The molecule has 29 heavy (non-hydrogen) atoms. The number of anilines is 1. The lowest BCUT2D eigenvalue weighted by atomic mass is 9.96. The molecule has 9 heteroatoms. The van der Waals surface area contributed by atoms with Gasteiger partial charge >= 0.3 is 6.18 Å². The minimum atomic E-state index is -4.53. The molecule has 1 aromatic carbocycles. The fourth-order valence-corrected chi connectivity index (χ4v) is 3.40. The molecule has 156 valence electrons. The summed E-state index contributed by atoms with van der Waals surface area (Å²) < 4.78 is 52.7. The highest BCUT2D eigenvalue weighted by Gasteiger charge is 2.37. The molecule has 5 nitrogen and oxygen atoms in total. The fourth-order valence-electron chi connectivity index (χ4n) is 3.40. The van der Waals surface area contributed by atoms with Gasteiger partial charge in [-0.15, -0.1) is 0 Å². The van der Waals surface area contributed by atoms with Crippen LogP contribution in [-0.4, -0.2) is 35.6 Å². The van der Waals surface area contributed by atoms with Crippen molar-refractivity contribution in [3.63, 3.8) is 0 Å². The van der Waals surface area contributed by atoms with E-state index in [-0.39, 0.29) is 24.8 Å². The molecule has 1 fully saturated rings. The summed E-state index contributed by atoms with van der Waals surface area (Å²) in [6.45, 7) is 0.416. The van der Waals surface area contributed by atoms with Gasteiger partial charge in [-0.25, -0.2) is 9.37 Å². The van der Waals surface area contributed by atoms with Gasteiger partial charge < -0.3 is 15.3 Å². The molecule has 3 rings (SSSR count). The van der Waals surface area contributed by atoms with Gasteiger partial charge in [-0.1, -0.05) is 12.1 Å². The number of pyridine rings is 1. The van der Waals surface area contributed by atoms with Crippen LogP contribution in [-0.2, 0) is 11.0 Å². The number of carbonyl (C=O) groups is 1. The van der Waals surface area contributed by atoms with Crippen molar-refractivity contribution in [2.24, 2.45) is 5.92 Å². The number of nitrogens with one attached hydrogen (secondary N) is 1. The van der Waals surface area contributed by atoms with E-state index in [0.717, 1.165) is 6.07 Å². The molecule has 0 bridgehead atoms. The Balaban J connectivity index is 1.62. The van der Waals surface area contributed by atoms with Crippen molar-refractivity contribution >= 4 is 11.7 Å². The fraction of sp³-hybridized carbons (Fsp3) is 0.400. The number of amides is 1. The van der Waals surface area contributed by atoms with E-state index in [1.807, 2.05) is 0 Å². The lowest BCUT2D eigenvalue weighted by molar-refractivity contribution is -0.137. The average molecular weight is 411 g/mol. The summed E-state index contributed by atoms with van der Waals surface area (Å²) in [5, 5.41) is 12.8. The van der Waals surface area contributed by atoms with Crippen LogP contribution in [0.15, 0.2) is 42.6 Å². The SMILES string of the molecule is O=C(NCC(O)c1ccc(F)cc1)C1CCCN(c2ncccc2C(F)(F)F)C1. The summed E-state index contributed by atoms with van der Waals surface area (Å²) >= 11 is 0. The topological polar surface area (TPSA) is 65.5 Å². The molecule has 2 N–H and O–H groups in total. The van der Waals surface area contributed by atoms with E-state index in [4.69, 9.17) is 0 Å². The van der Waals surface area contributed by atoms with Crippen LogP contribution in [0.4, 0.5) is 23.4 Å². The van der Waals surface area contributed by atoms with Crippen molar-refractivity contribution in [3.8, 4) is 0 Å². The van der Waals surface area contributed by atoms with Crippen LogP contribution in [0.2, 0.25) is 0 Å². The number of hydrogen-bond donors (Lipinski definition) is 2. The third-order valence-corrected chi connectivity index (χ3v) is 4.91. The molecule has 2 atom stereocenters. The molecule has 1 aliphatic rings. The van der Waals surface area contributed by atoms with E-state index in [2.05, 4.69) is 10.3 Å². The van der Waals surface area contributed by atoms with Crippen molar-refractivity contribution in [1.82, 2.24) is 10.3 Å². The molecule has 1 saturated heterocycles. The number of aliphatic hydroxyl groups is 1. The Kier molecular flexibility index (Phi) is 6.36. The van der Waals surface area contributed by atoms with Crippen LogP contribution in [0.25, 0.3) is 0 Å². The zero-order valence-electron chi connectivity index (χ0n) is 15.5. The number of carbonyl (C=O) groups excluding carboxylic acids is 1. The lowest BCUT2D eigenvalue weighted by Gasteiger charge is -2.34. The first kappa shape index (κ1) is 21.0. The Hall–Kier alpha value is -2.68. The second kappa shape index (κ2) is 8.77. The number of nitrogens with zero attached hydrogens (tertiary/aromatic N) is 2. The maximum atomic E-state index is 13.3. The second-order valence-corrected chi connectivity index (χ2v) is 6.97. The summed E-state index contributed by atoms with van der Waals surface area (Å²) in [5.74, 6) is -1.48. The van der Waals surface area contributed by atoms with Gasteiger partial charge in [0.05, 0.1) is 17.6 Å². The summed E-state index contributed by atoms with van der Waals surface area (Å²) in [4.78, 5) is 17.9. The molecule has 0 saturated carbocycles. The molecule has 1 amide bonds. The largest absolute Gasteiger partial charge is 0.419 e. The number of aromatic nitrogens is 1. The number of benzene rings is 1. The first-order chi connectivity index (χ1) is 13.8. The Bertz CT molecular complexity index is 842. The molecule has 1 aromatic heterocycles. The van der Waals surface area contributed by atoms with Gasteiger partial charge in [-0.3, -0.25) is 4.79 Å². The van der Waals surface area contributed by atoms with Gasteiger partial charge in [0.1, 0.15) is 11.6 Å². The third kappa shape index (κ3) is 5.23. The van der Waals surface area contributed by atoms with Crippen LogP contribution in [0.1, 0.15) is 30.1 Å². The maximum Gasteiger partial charge on any atom is 0.419 e. The molecule has 1 aliphatic heterocycles.